The predicted molar refractivity (Wildman–Crippen MR) is 123 cm³/mol. The number of benzene rings is 1. The van der Waals surface area contributed by atoms with Gasteiger partial charge in [-0.3, -0.25) is 14.7 Å². The number of ether oxygens (including phenoxy) is 1. The zero-order chi connectivity index (χ0) is 22.5. The van der Waals surface area contributed by atoms with E-state index in [-0.39, 0.29) is 18.0 Å². The van der Waals surface area contributed by atoms with Crippen molar-refractivity contribution < 1.29 is 13.9 Å². The molecule has 8 heteroatoms. The summed E-state index contributed by atoms with van der Waals surface area (Å²) >= 11 is 0. The van der Waals surface area contributed by atoms with Crippen LogP contribution < -0.4 is 19.9 Å². The molecule has 0 aliphatic carbocycles. The van der Waals surface area contributed by atoms with Gasteiger partial charge >= 0.3 is 0 Å². The third-order valence-electron chi connectivity index (χ3n) is 6.82. The molecule has 1 amide bonds. The summed E-state index contributed by atoms with van der Waals surface area (Å²) in [6, 6.07) is 13.1. The number of carbonyl (C=O) groups excluding carboxylic acids is 1. The number of aromatic nitrogens is 2. The Kier molecular flexibility index (Phi) is 4.76. The molecule has 2 saturated heterocycles. The average molecular weight is 445 g/mol. The SMILES string of the molecule is COc1cccc(F)c1-c1nccc2c1CN(c1cccc(N3CC4CCC(C3)N4)n1)C2=O. The maximum Gasteiger partial charge on any atom is 0.260 e. The van der Waals surface area contributed by atoms with E-state index in [0.717, 1.165) is 18.9 Å². The van der Waals surface area contributed by atoms with Crippen molar-refractivity contribution in [2.24, 2.45) is 0 Å². The first kappa shape index (κ1) is 20.1. The minimum atomic E-state index is -0.436. The van der Waals surface area contributed by atoms with Crippen molar-refractivity contribution in [1.29, 1.82) is 0 Å². The summed E-state index contributed by atoms with van der Waals surface area (Å²) in [5.41, 5.74) is 1.88. The number of rotatable bonds is 4. The van der Waals surface area contributed by atoms with E-state index < -0.39 is 5.82 Å². The zero-order valence-electron chi connectivity index (χ0n) is 18.3. The van der Waals surface area contributed by atoms with E-state index in [1.54, 1.807) is 29.3 Å². The van der Waals surface area contributed by atoms with Crippen LogP contribution in [0.15, 0.2) is 48.7 Å². The van der Waals surface area contributed by atoms with Crippen LogP contribution in [0.25, 0.3) is 11.3 Å². The average Bonchev–Trinajstić information content (AvgIpc) is 3.37. The molecule has 2 fully saturated rings. The van der Waals surface area contributed by atoms with Gasteiger partial charge in [-0.15, -0.1) is 0 Å². The Bertz CT molecular complexity index is 1240. The molecular formula is C25H24FN5O2. The van der Waals surface area contributed by atoms with E-state index in [1.165, 1.54) is 26.0 Å². The van der Waals surface area contributed by atoms with Crippen LogP contribution in [0, 0.1) is 5.82 Å². The Labute approximate surface area is 191 Å². The van der Waals surface area contributed by atoms with Crippen LogP contribution in [-0.2, 0) is 6.54 Å². The van der Waals surface area contributed by atoms with E-state index in [1.807, 2.05) is 18.2 Å². The number of piperazine rings is 1. The van der Waals surface area contributed by atoms with Gasteiger partial charge in [-0.1, -0.05) is 12.1 Å². The highest BCUT2D eigenvalue weighted by Crippen LogP contribution is 2.38. The van der Waals surface area contributed by atoms with Crippen LogP contribution in [0.5, 0.6) is 5.75 Å². The summed E-state index contributed by atoms with van der Waals surface area (Å²) in [6.45, 7) is 2.11. The summed E-state index contributed by atoms with van der Waals surface area (Å²) in [6.07, 6.45) is 3.92. The normalized spacial score (nSPS) is 21.5. The lowest BCUT2D eigenvalue weighted by Gasteiger charge is -2.34. The summed E-state index contributed by atoms with van der Waals surface area (Å²) in [5, 5.41) is 3.63. The van der Waals surface area contributed by atoms with Crippen molar-refractivity contribution in [3.05, 3.63) is 65.6 Å². The number of carbonyl (C=O) groups is 1. The minimum Gasteiger partial charge on any atom is -0.496 e. The molecule has 0 radical (unpaired) electrons. The van der Waals surface area contributed by atoms with Gasteiger partial charge in [0.15, 0.2) is 0 Å². The number of fused-ring (bicyclic) bond motifs is 3. The molecule has 168 valence electrons. The summed E-state index contributed by atoms with van der Waals surface area (Å²) in [5.74, 6) is 1.26. The molecular weight excluding hydrogens is 421 g/mol. The number of amides is 1. The second-order valence-electron chi connectivity index (χ2n) is 8.79. The topological polar surface area (TPSA) is 70.6 Å². The van der Waals surface area contributed by atoms with Gasteiger partial charge in [-0.05, 0) is 43.2 Å². The van der Waals surface area contributed by atoms with E-state index in [9.17, 15) is 9.18 Å². The second-order valence-corrected chi connectivity index (χ2v) is 8.79. The summed E-state index contributed by atoms with van der Waals surface area (Å²) in [4.78, 5) is 26.6. The molecule has 3 aliphatic heterocycles. The Morgan fingerprint density at radius 2 is 1.82 bits per heavy atom. The number of hydrogen-bond acceptors (Lipinski definition) is 6. The lowest BCUT2D eigenvalue weighted by Crippen LogP contribution is -2.51. The van der Waals surface area contributed by atoms with Crippen LogP contribution in [0.4, 0.5) is 16.0 Å². The van der Waals surface area contributed by atoms with Crippen molar-refractivity contribution >= 4 is 17.5 Å². The molecule has 2 aromatic heterocycles. The van der Waals surface area contributed by atoms with Crippen LogP contribution in [0.3, 0.4) is 0 Å². The van der Waals surface area contributed by atoms with Gasteiger partial charge in [0.1, 0.15) is 23.2 Å². The molecule has 6 rings (SSSR count). The van der Waals surface area contributed by atoms with Gasteiger partial charge in [0, 0.05) is 42.5 Å². The van der Waals surface area contributed by atoms with Gasteiger partial charge in [0.05, 0.1) is 24.9 Å². The maximum atomic E-state index is 14.8. The smallest absolute Gasteiger partial charge is 0.260 e. The molecule has 0 spiro atoms. The lowest BCUT2D eigenvalue weighted by atomic mass is 10.0. The number of nitrogens with zero attached hydrogens (tertiary/aromatic N) is 4. The molecule has 33 heavy (non-hydrogen) atoms. The Morgan fingerprint density at radius 3 is 2.61 bits per heavy atom. The molecule has 1 aromatic carbocycles. The maximum absolute atomic E-state index is 14.8. The van der Waals surface area contributed by atoms with Crippen LogP contribution in [0.1, 0.15) is 28.8 Å². The number of pyridine rings is 2. The number of nitrogens with one attached hydrogen (secondary N) is 1. The third kappa shape index (κ3) is 3.33. The molecule has 1 N–H and O–H groups in total. The van der Waals surface area contributed by atoms with E-state index >= 15 is 0 Å². The monoisotopic (exact) mass is 445 g/mol. The third-order valence-corrected chi connectivity index (χ3v) is 6.82. The Balaban J connectivity index is 1.35. The highest BCUT2D eigenvalue weighted by Gasteiger charge is 2.35. The fourth-order valence-electron chi connectivity index (χ4n) is 5.26. The summed E-state index contributed by atoms with van der Waals surface area (Å²) < 4.78 is 20.2. The van der Waals surface area contributed by atoms with E-state index in [4.69, 9.17) is 9.72 Å². The molecule has 0 saturated carbocycles. The van der Waals surface area contributed by atoms with E-state index in [0.29, 0.717) is 40.5 Å². The predicted octanol–water partition coefficient (Wildman–Crippen LogP) is 3.39. The van der Waals surface area contributed by atoms with Gasteiger partial charge in [-0.25, -0.2) is 9.37 Å². The van der Waals surface area contributed by atoms with Gasteiger partial charge in [0.25, 0.3) is 5.91 Å². The van der Waals surface area contributed by atoms with Crippen LogP contribution >= 0.6 is 0 Å². The van der Waals surface area contributed by atoms with Crippen molar-refractivity contribution in [3.63, 3.8) is 0 Å². The first-order valence-corrected chi connectivity index (χ1v) is 11.2. The van der Waals surface area contributed by atoms with Gasteiger partial charge in [-0.2, -0.15) is 0 Å². The Morgan fingerprint density at radius 1 is 1.06 bits per heavy atom. The fraction of sp³-hybridized carbons (Fsp3) is 0.320. The first-order valence-electron chi connectivity index (χ1n) is 11.2. The second kappa shape index (κ2) is 7.81. The van der Waals surface area contributed by atoms with Crippen LogP contribution in [0.2, 0.25) is 0 Å². The van der Waals surface area contributed by atoms with Crippen molar-refractivity contribution in [3.8, 4) is 17.0 Å². The van der Waals surface area contributed by atoms with Crippen LogP contribution in [-0.4, -0.2) is 48.2 Å². The largest absolute Gasteiger partial charge is 0.496 e. The fourth-order valence-corrected chi connectivity index (χ4v) is 5.26. The van der Waals surface area contributed by atoms with Gasteiger partial charge < -0.3 is 15.0 Å². The highest BCUT2D eigenvalue weighted by atomic mass is 19.1. The quantitative estimate of drug-likeness (QED) is 0.664. The molecule has 7 nitrogen and oxygen atoms in total. The standard InChI is InChI=1S/C25H24FN5O2/c1-33-20-5-2-4-19(26)23(20)24-18-14-31(25(32)17(18)10-11-27-24)22-7-3-6-21(29-22)30-12-15-8-9-16(13-30)28-15/h2-7,10-11,15-16,28H,8-9,12-14H2,1H3. The molecule has 5 heterocycles. The highest BCUT2D eigenvalue weighted by molar-refractivity contribution is 6.10. The lowest BCUT2D eigenvalue weighted by molar-refractivity contribution is 0.0996. The Hall–Kier alpha value is -3.52. The number of halogens is 1. The van der Waals surface area contributed by atoms with Crippen molar-refractivity contribution in [1.82, 2.24) is 15.3 Å². The zero-order valence-corrected chi connectivity index (χ0v) is 18.3. The molecule has 2 bridgehead atoms. The minimum absolute atomic E-state index is 0.158. The molecule has 3 aromatic rings. The first-order chi connectivity index (χ1) is 16.1. The molecule has 3 aliphatic rings. The molecule has 2 unspecified atom stereocenters. The van der Waals surface area contributed by atoms with Crippen molar-refractivity contribution in [2.45, 2.75) is 31.5 Å². The van der Waals surface area contributed by atoms with E-state index in [2.05, 4.69) is 15.2 Å². The summed E-state index contributed by atoms with van der Waals surface area (Å²) in [7, 11) is 1.50. The van der Waals surface area contributed by atoms with Crippen molar-refractivity contribution in [2.75, 3.05) is 30.0 Å². The number of methoxy groups -OCH3 is 1. The van der Waals surface area contributed by atoms with Gasteiger partial charge in [0.2, 0.25) is 0 Å². The number of hydrogen-bond donors (Lipinski definition) is 1. The molecule has 2 atom stereocenters. The number of anilines is 2.